The zero-order chi connectivity index (χ0) is 14.9. The van der Waals surface area contributed by atoms with Crippen molar-refractivity contribution in [3.05, 3.63) is 29.5 Å². The van der Waals surface area contributed by atoms with E-state index in [-0.39, 0.29) is 23.1 Å². The number of carboxylic acid groups (broad SMARTS) is 1. The summed E-state index contributed by atoms with van der Waals surface area (Å²) in [7, 11) is 1.51. The summed E-state index contributed by atoms with van der Waals surface area (Å²) in [5, 5.41) is 12.6. The Labute approximate surface area is 116 Å². The second-order valence-electron chi connectivity index (χ2n) is 4.69. The Morgan fingerprint density at radius 2 is 2.15 bits per heavy atom. The van der Waals surface area contributed by atoms with E-state index in [0.29, 0.717) is 11.3 Å². The molecule has 0 unspecified atom stereocenters. The quantitative estimate of drug-likeness (QED) is 0.890. The maximum atomic E-state index is 11.2. The summed E-state index contributed by atoms with van der Waals surface area (Å²) in [6, 6.07) is 5.55. The number of nitrogens with two attached hydrogens (primary N) is 1. The van der Waals surface area contributed by atoms with E-state index in [2.05, 4.69) is 5.16 Å². The van der Waals surface area contributed by atoms with Crippen molar-refractivity contribution < 1.29 is 19.2 Å². The number of carboxylic acids is 1. The van der Waals surface area contributed by atoms with Gasteiger partial charge in [0.15, 0.2) is 0 Å². The van der Waals surface area contributed by atoms with Gasteiger partial charge in [0.25, 0.3) is 0 Å². The van der Waals surface area contributed by atoms with Crippen molar-refractivity contribution in [2.75, 3.05) is 12.8 Å². The number of anilines is 1. The van der Waals surface area contributed by atoms with E-state index >= 15 is 0 Å². The lowest BCUT2D eigenvalue weighted by molar-refractivity contribution is 0.0686. The number of nitrogen functional groups attached to an aromatic ring is 1. The fourth-order valence-corrected chi connectivity index (χ4v) is 1.99. The molecule has 0 spiro atoms. The topological polar surface area (TPSA) is 98.6 Å². The molecule has 20 heavy (non-hydrogen) atoms. The second-order valence-corrected chi connectivity index (χ2v) is 4.69. The van der Waals surface area contributed by atoms with Gasteiger partial charge in [-0.15, -0.1) is 0 Å². The Bertz CT molecular complexity index is 647. The van der Waals surface area contributed by atoms with Gasteiger partial charge >= 0.3 is 5.97 Å². The first-order chi connectivity index (χ1) is 9.45. The standard InChI is InChI=1S/C14H16N2O4/c1-7(2)8-4-5-10(19-3)9(6-8)11-12(14(17)18)16-20-13(11)15/h4-7H,15H2,1-3H3,(H,17,18). The minimum absolute atomic E-state index is 0.0402. The van der Waals surface area contributed by atoms with E-state index < -0.39 is 5.97 Å². The third-order valence-electron chi connectivity index (χ3n) is 3.08. The number of ether oxygens (including phenoxy) is 1. The number of hydrogen-bond acceptors (Lipinski definition) is 5. The molecule has 1 aromatic carbocycles. The third-order valence-corrected chi connectivity index (χ3v) is 3.08. The normalized spacial score (nSPS) is 10.8. The second kappa shape index (κ2) is 5.24. The van der Waals surface area contributed by atoms with Crippen molar-refractivity contribution in [2.24, 2.45) is 0 Å². The van der Waals surface area contributed by atoms with E-state index in [9.17, 15) is 4.79 Å². The first-order valence-corrected chi connectivity index (χ1v) is 6.12. The summed E-state index contributed by atoms with van der Waals surface area (Å²) in [5.41, 5.74) is 7.34. The lowest BCUT2D eigenvalue weighted by Gasteiger charge is -2.12. The van der Waals surface area contributed by atoms with Gasteiger partial charge in [0.1, 0.15) is 5.75 Å². The maximum Gasteiger partial charge on any atom is 0.358 e. The monoisotopic (exact) mass is 276 g/mol. The van der Waals surface area contributed by atoms with Crippen molar-refractivity contribution in [1.29, 1.82) is 0 Å². The molecule has 0 aliphatic rings. The van der Waals surface area contributed by atoms with Crippen LogP contribution in [0.25, 0.3) is 11.1 Å². The predicted octanol–water partition coefficient (Wildman–Crippen LogP) is 2.75. The Balaban J connectivity index is 2.70. The average molecular weight is 276 g/mol. The Morgan fingerprint density at radius 3 is 2.70 bits per heavy atom. The molecule has 6 heteroatoms. The molecule has 0 aliphatic carbocycles. The van der Waals surface area contributed by atoms with Crippen LogP contribution in [0.3, 0.4) is 0 Å². The van der Waals surface area contributed by atoms with Crippen LogP contribution in [0.4, 0.5) is 5.88 Å². The molecule has 6 nitrogen and oxygen atoms in total. The van der Waals surface area contributed by atoms with Crippen LogP contribution in [0, 0.1) is 0 Å². The number of rotatable bonds is 4. The average Bonchev–Trinajstić information content (AvgIpc) is 2.79. The van der Waals surface area contributed by atoms with Gasteiger partial charge in [-0.3, -0.25) is 0 Å². The van der Waals surface area contributed by atoms with Crippen LogP contribution in [-0.2, 0) is 0 Å². The smallest absolute Gasteiger partial charge is 0.358 e. The molecule has 0 bridgehead atoms. The van der Waals surface area contributed by atoms with Crippen LogP contribution in [-0.4, -0.2) is 23.3 Å². The zero-order valence-electron chi connectivity index (χ0n) is 11.5. The highest BCUT2D eigenvalue weighted by Gasteiger charge is 2.24. The van der Waals surface area contributed by atoms with Crippen molar-refractivity contribution in [3.8, 4) is 16.9 Å². The van der Waals surface area contributed by atoms with Crippen molar-refractivity contribution in [3.63, 3.8) is 0 Å². The predicted molar refractivity (Wildman–Crippen MR) is 74.0 cm³/mol. The molecule has 2 aromatic rings. The summed E-state index contributed by atoms with van der Waals surface area (Å²) in [6.07, 6.45) is 0. The molecule has 106 valence electrons. The molecule has 3 N–H and O–H groups in total. The van der Waals surface area contributed by atoms with Crippen LogP contribution in [0.2, 0.25) is 0 Å². The van der Waals surface area contributed by atoms with E-state index in [1.54, 1.807) is 6.07 Å². The molecular formula is C14H16N2O4. The minimum Gasteiger partial charge on any atom is -0.496 e. The number of carbonyl (C=O) groups is 1. The molecule has 1 aromatic heterocycles. The van der Waals surface area contributed by atoms with E-state index in [1.165, 1.54) is 7.11 Å². The highest BCUT2D eigenvalue weighted by atomic mass is 16.5. The number of nitrogens with zero attached hydrogens (tertiary/aromatic N) is 1. The molecule has 0 saturated heterocycles. The largest absolute Gasteiger partial charge is 0.496 e. The van der Waals surface area contributed by atoms with Crippen LogP contribution < -0.4 is 10.5 Å². The maximum absolute atomic E-state index is 11.2. The van der Waals surface area contributed by atoms with Gasteiger partial charge in [-0.1, -0.05) is 25.1 Å². The lowest BCUT2D eigenvalue weighted by atomic mass is 9.96. The Kier molecular flexibility index (Phi) is 3.65. The summed E-state index contributed by atoms with van der Waals surface area (Å²) < 4.78 is 10.1. The van der Waals surface area contributed by atoms with Gasteiger partial charge < -0.3 is 20.1 Å². The van der Waals surface area contributed by atoms with Crippen LogP contribution in [0.5, 0.6) is 5.75 Å². The molecule has 0 radical (unpaired) electrons. The summed E-state index contributed by atoms with van der Waals surface area (Å²) >= 11 is 0. The van der Waals surface area contributed by atoms with Gasteiger partial charge in [0, 0.05) is 5.56 Å². The molecule has 0 atom stereocenters. The van der Waals surface area contributed by atoms with Crippen molar-refractivity contribution >= 4 is 11.9 Å². The summed E-state index contributed by atoms with van der Waals surface area (Å²) in [6.45, 7) is 4.08. The van der Waals surface area contributed by atoms with Crippen LogP contribution >= 0.6 is 0 Å². The highest BCUT2D eigenvalue weighted by molar-refractivity contribution is 5.98. The molecule has 0 amide bonds. The third kappa shape index (κ3) is 2.32. The van der Waals surface area contributed by atoms with Crippen molar-refractivity contribution in [2.45, 2.75) is 19.8 Å². The number of aromatic nitrogens is 1. The lowest BCUT2D eigenvalue weighted by Crippen LogP contribution is -2.01. The SMILES string of the molecule is COc1ccc(C(C)C)cc1-c1c(C(=O)O)noc1N. The van der Waals surface area contributed by atoms with E-state index in [4.69, 9.17) is 20.1 Å². The van der Waals surface area contributed by atoms with Crippen LogP contribution in [0.1, 0.15) is 35.8 Å². The first kappa shape index (κ1) is 13.9. The fraction of sp³-hybridized carbons (Fsp3) is 0.286. The van der Waals surface area contributed by atoms with Gasteiger partial charge in [-0.05, 0) is 23.6 Å². The van der Waals surface area contributed by atoms with E-state index in [1.807, 2.05) is 26.0 Å². The molecular weight excluding hydrogens is 260 g/mol. The van der Waals surface area contributed by atoms with Gasteiger partial charge in [-0.2, -0.15) is 0 Å². The van der Waals surface area contributed by atoms with Gasteiger partial charge in [0.05, 0.1) is 12.7 Å². The molecule has 0 fully saturated rings. The highest BCUT2D eigenvalue weighted by Crippen LogP contribution is 2.38. The van der Waals surface area contributed by atoms with Crippen LogP contribution in [0.15, 0.2) is 22.7 Å². The number of methoxy groups -OCH3 is 1. The Morgan fingerprint density at radius 1 is 1.45 bits per heavy atom. The molecule has 1 heterocycles. The fourth-order valence-electron chi connectivity index (χ4n) is 1.99. The Hall–Kier alpha value is -2.50. The molecule has 0 saturated carbocycles. The molecule has 2 rings (SSSR count). The van der Waals surface area contributed by atoms with E-state index in [0.717, 1.165) is 5.56 Å². The number of benzene rings is 1. The number of aromatic carboxylic acids is 1. The number of hydrogen-bond donors (Lipinski definition) is 2. The first-order valence-electron chi connectivity index (χ1n) is 6.12. The summed E-state index contributed by atoms with van der Waals surface area (Å²) in [4.78, 5) is 11.2. The van der Waals surface area contributed by atoms with Gasteiger partial charge in [0.2, 0.25) is 11.6 Å². The zero-order valence-corrected chi connectivity index (χ0v) is 11.5. The minimum atomic E-state index is -1.20. The summed E-state index contributed by atoms with van der Waals surface area (Å²) in [5.74, 6) is -0.431. The van der Waals surface area contributed by atoms with Crippen molar-refractivity contribution in [1.82, 2.24) is 5.16 Å². The molecule has 0 aliphatic heterocycles. The van der Waals surface area contributed by atoms with Gasteiger partial charge in [-0.25, -0.2) is 4.79 Å².